The number of hydrogen-bond acceptors (Lipinski definition) is 3. The van der Waals surface area contributed by atoms with Crippen LogP contribution in [-0.4, -0.2) is 4.98 Å². The first-order valence-electron chi connectivity index (χ1n) is 6.19. The monoisotopic (exact) mass is 350 g/mol. The molecule has 1 unspecified atom stereocenters. The zero-order valence-electron chi connectivity index (χ0n) is 10.5. The van der Waals surface area contributed by atoms with Crippen LogP contribution < -0.4 is 5.73 Å². The van der Waals surface area contributed by atoms with Gasteiger partial charge in [0.15, 0.2) is 0 Å². The zero-order chi connectivity index (χ0) is 14.1. The first-order chi connectivity index (χ1) is 9.65. The number of fused-ring (bicyclic) bond motifs is 1. The highest BCUT2D eigenvalue weighted by Gasteiger charge is 2.15. The fourth-order valence-electron chi connectivity index (χ4n) is 2.11. The van der Waals surface area contributed by atoms with Gasteiger partial charge in [0.1, 0.15) is 5.82 Å². The number of hydrogen-bond donors (Lipinski definition) is 1. The molecule has 1 aromatic heterocycles. The number of para-hydroxylation sites is 1. The van der Waals surface area contributed by atoms with Crippen LogP contribution in [0.1, 0.15) is 16.6 Å². The van der Waals surface area contributed by atoms with Crippen LogP contribution in [0.15, 0.2) is 46.9 Å². The molecular weight excluding hydrogens is 339 g/mol. The van der Waals surface area contributed by atoms with Gasteiger partial charge in [0.05, 0.1) is 19.7 Å². The number of thiazole rings is 1. The van der Waals surface area contributed by atoms with Crippen molar-refractivity contribution < 1.29 is 4.39 Å². The fourth-order valence-corrected chi connectivity index (χ4v) is 3.70. The molecule has 3 aromatic rings. The van der Waals surface area contributed by atoms with Crippen LogP contribution in [0.3, 0.4) is 0 Å². The topological polar surface area (TPSA) is 38.9 Å². The van der Waals surface area contributed by atoms with Crippen molar-refractivity contribution in [3.63, 3.8) is 0 Å². The Kier molecular flexibility index (Phi) is 3.83. The molecule has 0 bridgehead atoms. The summed E-state index contributed by atoms with van der Waals surface area (Å²) in [4.78, 5) is 4.56. The number of nitrogens with two attached hydrogens (primary N) is 1. The van der Waals surface area contributed by atoms with Crippen molar-refractivity contribution in [2.75, 3.05) is 0 Å². The van der Waals surface area contributed by atoms with Crippen LogP contribution >= 0.6 is 27.3 Å². The lowest BCUT2D eigenvalue weighted by Crippen LogP contribution is -2.14. The fraction of sp³-hybridized carbons (Fsp3) is 0.133. The first-order valence-corrected chi connectivity index (χ1v) is 7.80. The maximum atomic E-state index is 13.5. The van der Waals surface area contributed by atoms with Crippen LogP contribution in [0.2, 0.25) is 0 Å². The third kappa shape index (κ3) is 2.61. The molecule has 2 N–H and O–H groups in total. The molecule has 0 radical (unpaired) electrons. The quantitative estimate of drug-likeness (QED) is 0.758. The Balaban J connectivity index is 1.88. The van der Waals surface area contributed by atoms with Crippen LogP contribution in [0, 0.1) is 5.82 Å². The van der Waals surface area contributed by atoms with Crippen molar-refractivity contribution in [2.45, 2.75) is 12.5 Å². The molecule has 1 heterocycles. The summed E-state index contributed by atoms with van der Waals surface area (Å²) in [7, 11) is 0. The van der Waals surface area contributed by atoms with Gasteiger partial charge in [0, 0.05) is 12.5 Å². The Bertz CT molecular complexity index is 723. The van der Waals surface area contributed by atoms with Gasteiger partial charge in [-0.15, -0.1) is 11.3 Å². The van der Waals surface area contributed by atoms with Crippen molar-refractivity contribution in [3.05, 3.63) is 63.3 Å². The number of rotatable bonds is 3. The van der Waals surface area contributed by atoms with E-state index in [1.807, 2.05) is 30.3 Å². The molecule has 102 valence electrons. The largest absolute Gasteiger partial charge is 0.324 e. The summed E-state index contributed by atoms with van der Waals surface area (Å²) >= 11 is 4.89. The van der Waals surface area contributed by atoms with E-state index in [9.17, 15) is 4.39 Å². The van der Waals surface area contributed by atoms with E-state index in [0.29, 0.717) is 10.9 Å². The van der Waals surface area contributed by atoms with E-state index in [-0.39, 0.29) is 11.9 Å². The molecule has 1 atom stereocenters. The molecule has 2 nitrogen and oxygen atoms in total. The minimum absolute atomic E-state index is 0.277. The maximum absolute atomic E-state index is 13.5. The molecule has 2 aromatic carbocycles. The van der Waals surface area contributed by atoms with Crippen molar-refractivity contribution in [1.29, 1.82) is 0 Å². The van der Waals surface area contributed by atoms with E-state index in [1.54, 1.807) is 17.4 Å². The van der Waals surface area contributed by atoms with Gasteiger partial charge >= 0.3 is 0 Å². The summed E-state index contributed by atoms with van der Waals surface area (Å²) in [5.41, 5.74) is 7.94. The third-order valence-corrected chi connectivity index (χ3v) is 5.01. The van der Waals surface area contributed by atoms with Gasteiger partial charge in [0.25, 0.3) is 0 Å². The predicted molar refractivity (Wildman–Crippen MR) is 84.4 cm³/mol. The van der Waals surface area contributed by atoms with Gasteiger partial charge in [0.2, 0.25) is 0 Å². The highest BCUT2D eigenvalue weighted by atomic mass is 79.9. The van der Waals surface area contributed by atoms with E-state index >= 15 is 0 Å². The lowest BCUT2D eigenvalue weighted by Gasteiger charge is -2.12. The molecule has 0 aliphatic rings. The number of benzene rings is 2. The van der Waals surface area contributed by atoms with Gasteiger partial charge in [-0.1, -0.05) is 24.3 Å². The van der Waals surface area contributed by atoms with E-state index in [4.69, 9.17) is 5.73 Å². The highest BCUT2D eigenvalue weighted by Crippen LogP contribution is 2.29. The van der Waals surface area contributed by atoms with Crippen LogP contribution in [0.4, 0.5) is 4.39 Å². The highest BCUT2D eigenvalue weighted by molar-refractivity contribution is 9.10. The molecule has 0 amide bonds. The second-order valence-corrected chi connectivity index (χ2v) is 6.44. The predicted octanol–water partition coefficient (Wildman–Crippen LogP) is 4.44. The van der Waals surface area contributed by atoms with E-state index < -0.39 is 0 Å². The minimum atomic E-state index is -0.290. The summed E-state index contributed by atoms with van der Waals surface area (Å²) in [5, 5.41) is 0.967. The molecule has 0 saturated carbocycles. The summed E-state index contributed by atoms with van der Waals surface area (Å²) in [6.45, 7) is 0. The molecule has 3 rings (SSSR count). The second-order valence-electron chi connectivity index (χ2n) is 4.53. The van der Waals surface area contributed by atoms with Gasteiger partial charge in [-0.05, 0) is 39.7 Å². The molecule has 5 heteroatoms. The second kappa shape index (κ2) is 5.60. The number of nitrogens with zero attached hydrogens (tertiary/aromatic N) is 1. The van der Waals surface area contributed by atoms with Crippen LogP contribution in [-0.2, 0) is 6.42 Å². The van der Waals surface area contributed by atoms with Gasteiger partial charge in [-0.3, -0.25) is 0 Å². The Morgan fingerprint density at radius 1 is 1.20 bits per heavy atom. The Hall–Kier alpha value is -1.30. The lowest BCUT2D eigenvalue weighted by atomic mass is 10.1. The van der Waals surface area contributed by atoms with Crippen molar-refractivity contribution in [1.82, 2.24) is 4.98 Å². The summed E-state index contributed by atoms with van der Waals surface area (Å²) in [6.07, 6.45) is 0.599. The van der Waals surface area contributed by atoms with E-state index in [1.165, 1.54) is 6.07 Å². The molecule has 0 fully saturated rings. The Morgan fingerprint density at radius 2 is 2.00 bits per heavy atom. The number of aromatic nitrogens is 1. The van der Waals surface area contributed by atoms with E-state index in [2.05, 4.69) is 20.9 Å². The maximum Gasteiger partial charge on any atom is 0.137 e. The molecule has 0 spiro atoms. The summed E-state index contributed by atoms with van der Waals surface area (Å²) in [6, 6.07) is 12.6. The standard InChI is InChI=1S/C15H12BrFN2S/c16-15-9(4-3-5-10(15)17)11(18)8-14-19-12-6-1-2-7-13(12)20-14/h1-7,11H,8,18H2. The van der Waals surface area contributed by atoms with Crippen LogP contribution in [0.25, 0.3) is 10.2 Å². The SMILES string of the molecule is NC(Cc1nc2ccccc2s1)c1cccc(F)c1Br. The Morgan fingerprint density at radius 3 is 2.80 bits per heavy atom. The molecule has 20 heavy (non-hydrogen) atoms. The van der Waals surface area contributed by atoms with Crippen molar-refractivity contribution in [3.8, 4) is 0 Å². The molecule has 0 aliphatic carbocycles. The Labute approximate surface area is 128 Å². The average Bonchev–Trinajstić information content (AvgIpc) is 2.83. The van der Waals surface area contributed by atoms with Crippen LogP contribution in [0.5, 0.6) is 0 Å². The van der Waals surface area contributed by atoms with Gasteiger partial charge in [-0.25, -0.2) is 9.37 Å². The average molecular weight is 351 g/mol. The zero-order valence-corrected chi connectivity index (χ0v) is 12.9. The third-order valence-electron chi connectivity index (χ3n) is 3.11. The molecule has 0 saturated heterocycles. The van der Waals surface area contributed by atoms with E-state index in [0.717, 1.165) is 20.8 Å². The summed E-state index contributed by atoms with van der Waals surface area (Å²) in [5.74, 6) is -0.290. The first kappa shape index (κ1) is 13.7. The molecular formula is C15H12BrFN2S. The van der Waals surface area contributed by atoms with Crippen molar-refractivity contribution >= 4 is 37.5 Å². The number of halogens is 2. The lowest BCUT2D eigenvalue weighted by molar-refractivity contribution is 0.610. The molecule has 0 aliphatic heterocycles. The summed E-state index contributed by atoms with van der Waals surface area (Å²) < 4.78 is 15.1. The smallest absolute Gasteiger partial charge is 0.137 e. The van der Waals surface area contributed by atoms with Crippen molar-refractivity contribution in [2.24, 2.45) is 5.73 Å². The minimum Gasteiger partial charge on any atom is -0.324 e. The normalized spacial score (nSPS) is 12.8. The van der Waals surface area contributed by atoms with Gasteiger partial charge < -0.3 is 5.73 Å². The van der Waals surface area contributed by atoms with Gasteiger partial charge in [-0.2, -0.15) is 0 Å².